The molecule has 0 saturated carbocycles. The Labute approximate surface area is 115 Å². The van der Waals surface area contributed by atoms with E-state index >= 15 is 0 Å². The first-order valence-corrected chi connectivity index (χ1v) is 6.80. The predicted octanol–water partition coefficient (Wildman–Crippen LogP) is 1.66. The smallest absolute Gasteiger partial charge is 0.329 e. The first-order valence-electron chi connectivity index (χ1n) is 5.92. The second kappa shape index (κ2) is 6.63. The van der Waals surface area contributed by atoms with E-state index in [-0.39, 0.29) is 5.69 Å². The third-order valence-corrected chi connectivity index (χ3v) is 3.49. The van der Waals surface area contributed by atoms with Gasteiger partial charge in [-0.1, -0.05) is 13.3 Å². The van der Waals surface area contributed by atoms with Crippen LogP contribution in [0.3, 0.4) is 0 Å². The number of nitrogens with one attached hydrogen (secondary N) is 1. The van der Waals surface area contributed by atoms with Crippen LogP contribution in [-0.4, -0.2) is 34.6 Å². The number of hydrogen-bond acceptors (Lipinski definition) is 5. The third kappa shape index (κ3) is 4.00. The van der Waals surface area contributed by atoms with Gasteiger partial charge in [0.15, 0.2) is 0 Å². The van der Waals surface area contributed by atoms with Gasteiger partial charge in [-0.15, -0.1) is 11.3 Å². The summed E-state index contributed by atoms with van der Waals surface area (Å²) in [5, 5.41) is 14.0. The Balaban J connectivity index is 2.78. The van der Waals surface area contributed by atoms with Crippen molar-refractivity contribution in [3.05, 3.63) is 16.1 Å². The number of carbonyl (C=O) groups is 2. The van der Waals surface area contributed by atoms with Crippen molar-refractivity contribution < 1.29 is 19.4 Å². The summed E-state index contributed by atoms with van der Waals surface area (Å²) in [5.74, 6) is -1.52. The van der Waals surface area contributed by atoms with Crippen LogP contribution in [0.15, 0.2) is 5.38 Å². The Morgan fingerprint density at radius 2 is 2.26 bits per heavy atom. The van der Waals surface area contributed by atoms with Crippen LogP contribution >= 0.6 is 11.3 Å². The van der Waals surface area contributed by atoms with E-state index in [0.717, 1.165) is 0 Å². The molecule has 1 amide bonds. The van der Waals surface area contributed by atoms with Crippen LogP contribution < -0.4 is 5.32 Å². The van der Waals surface area contributed by atoms with Crippen molar-refractivity contribution in [3.8, 4) is 0 Å². The average Bonchev–Trinajstić information content (AvgIpc) is 2.78. The van der Waals surface area contributed by atoms with Gasteiger partial charge in [-0.05, 0) is 13.3 Å². The molecule has 0 bridgehead atoms. The molecular formula is C12H18N2O4S. The van der Waals surface area contributed by atoms with Gasteiger partial charge in [-0.2, -0.15) is 0 Å². The molecule has 19 heavy (non-hydrogen) atoms. The van der Waals surface area contributed by atoms with E-state index in [4.69, 9.17) is 4.74 Å². The number of thiazole rings is 1. The lowest BCUT2D eigenvalue weighted by atomic mass is 9.96. The van der Waals surface area contributed by atoms with Crippen LogP contribution in [0.25, 0.3) is 0 Å². The van der Waals surface area contributed by atoms with Crippen molar-refractivity contribution in [2.75, 3.05) is 7.11 Å². The fourth-order valence-electron chi connectivity index (χ4n) is 1.64. The number of methoxy groups -OCH3 is 1. The Bertz CT molecular complexity index is 460. The molecule has 1 atom stereocenters. The minimum Gasteiger partial charge on any atom is -0.480 e. The van der Waals surface area contributed by atoms with Gasteiger partial charge in [0.2, 0.25) is 0 Å². The molecular weight excluding hydrogens is 268 g/mol. The van der Waals surface area contributed by atoms with Crippen molar-refractivity contribution >= 4 is 23.2 Å². The molecule has 0 spiro atoms. The van der Waals surface area contributed by atoms with Gasteiger partial charge >= 0.3 is 5.97 Å². The van der Waals surface area contributed by atoms with Crippen LogP contribution in [0.4, 0.5) is 0 Å². The molecule has 0 fully saturated rings. The lowest BCUT2D eigenvalue weighted by molar-refractivity contribution is -0.144. The molecule has 0 aliphatic heterocycles. The molecule has 1 rings (SSSR count). The predicted molar refractivity (Wildman–Crippen MR) is 71.2 cm³/mol. The number of ether oxygens (including phenoxy) is 1. The molecule has 106 valence electrons. The van der Waals surface area contributed by atoms with E-state index in [1.54, 1.807) is 12.5 Å². The number of aliphatic carboxylic acids is 1. The van der Waals surface area contributed by atoms with Crippen molar-refractivity contribution in [1.82, 2.24) is 10.3 Å². The molecule has 6 nitrogen and oxygen atoms in total. The maximum Gasteiger partial charge on any atom is 0.329 e. The molecule has 2 N–H and O–H groups in total. The molecule has 0 aliphatic carbocycles. The van der Waals surface area contributed by atoms with E-state index in [1.165, 1.54) is 18.3 Å². The number of carboxylic acid groups (broad SMARTS) is 1. The van der Waals surface area contributed by atoms with E-state index < -0.39 is 17.4 Å². The third-order valence-electron chi connectivity index (χ3n) is 2.66. The van der Waals surface area contributed by atoms with E-state index in [1.807, 2.05) is 6.92 Å². The number of amides is 1. The summed E-state index contributed by atoms with van der Waals surface area (Å²) in [5.41, 5.74) is -1.04. The minimum absolute atomic E-state index is 0.223. The Kier molecular flexibility index (Phi) is 5.44. The van der Waals surface area contributed by atoms with Crippen LogP contribution in [0.2, 0.25) is 0 Å². The highest BCUT2D eigenvalue weighted by Crippen LogP contribution is 2.15. The second-order valence-corrected chi connectivity index (χ2v) is 5.34. The molecule has 1 unspecified atom stereocenters. The van der Waals surface area contributed by atoms with Gasteiger partial charge < -0.3 is 15.2 Å². The summed E-state index contributed by atoms with van der Waals surface area (Å²) in [6, 6.07) is 0. The van der Waals surface area contributed by atoms with Crippen molar-refractivity contribution in [2.45, 2.75) is 38.8 Å². The van der Waals surface area contributed by atoms with Crippen LogP contribution in [-0.2, 0) is 16.1 Å². The molecule has 0 aliphatic rings. The van der Waals surface area contributed by atoms with E-state index in [9.17, 15) is 14.7 Å². The molecule has 1 aromatic rings. The second-order valence-electron chi connectivity index (χ2n) is 4.40. The number of carboxylic acids is 1. The van der Waals surface area contributed by atoms with Crippen molar-refractivity contribution in [2.24, 2.45) is 0 Å². The lowest BCUT2D eigenvalue weighted by Gasteiger charge is -2.25. The van der Waals surface area contributed by atoms with Crippen LogP contribution in [0.5, 0.6) is 0 Å². The highest BCUT2D eigenvalue weighted by Gasteiger charge is 2.34. The van der Waals surface area contributed by atoms with Crippen LogP contribution in [0.1, 0.15) is 42.2 Å². The van der Waals surface area contributed by atoms with E-state index in [2.05, 4.69) is 10.3 Å². The first kappa shape index (κ1) is 15.6. The zero-order valence-electron chi connectivity index (χ0n) is 11.2. The number of aromatic nitrogens is 1. The Morgan fingerprint density at radius 3 is 2.79 bits per heavy atom. The Hall–Kier alpha value is -1.47. The highest BCUT2D eigenvalue weighted by molar-refractivity contribution is 7.09. The maximum absolute atomic E-state index is 12.0. The highest BCUT2D eigenvalue weighted by atomic mass is 32.1. The van der Waals surface area contributed by atoms with Gasteiger partial charge in [0.05, 0.1) is 6.61 Å². The standard InChI is InChI=1S/C12H18N2O4S/c1-4-5-12(2,11(16)17)14-10(15)8-7-19-9(13-8)6-18-3/h7H,4-6H2,1-3H3,(H,14,15)(H,16,17). The van der Waals surface area contributed by atoms with Gasteiger partial charge in [0, 0.05) is 12.5 Å². The summed E-state index contributed by atoms with van der Waals surface area (Å²) in [6.07, 6.45) is 1.03. The van der Waals surface area contributed by atoms with Gasteiger partial charge in [-0.3, -0.25) is 4.79 Å². The summed E-state index contributed by atoms with van der Waals surface area (Å²) < 4.78 is 4.92. The summed E-state index contributed by atoms with van der Waals surface area (Å²) in [4.78, 5) is 27.3. The first-order chi connectivity index (χ1) is 8.92. The van der Waals surface area contributed by atoms with Gasteiger partial charge in [0.25, 0.3) is 5.91 Å². The van der Waals surface area contributed by atoms with Crippen molar-refractivity contribution in [1.29, 1.82) is 0 Å². The number of nitrogens with zero attached hydrogens (tertiary/aromatic N) is 1. The molecule has 1 heterocycles. The van der Waals surface area contributed by atoms with Gasteiger partial charge in [0.1, 0.15) is 16.2 Å². The Morgan fingerprint density at radius 1 is 1.58 bits per heavy atom. The maximum atomic E-state index is 12.0. The molecule has 0 aromatic carbocycles. The quantitative estimate of drug-likeness (QED) is 0.796. The monoisotopic (exact) mass is 286 g/mol. The fourth-order valence-corrected chi connectivity index (χ4v) is 2.39. The minimum atomic E-state index is -1.27. The summed E-state index contributed by atoms with van der Waals surface area (Å²) in [7, 11) is 1.55. The lowest BCUT2D eigenvalue weighted by Crippen LogP contribution is -2.52. The molecule has 0 saturated heterocycles. The summed E-state index contributed by atoms with van der Waals surface area (Å²) in [6.45, 7) is 3.70. The van der Waals surface area contributed by atoms with Crippen LogP contribution in [0, 0.1) is 0 Å². The number of hydrogen-bond donors (Lipinski definition) is 2. The average molecular weight is 286 g/mol. The number of rotatable bonds is 7. The van der Waals surface area contributed by atoms with E-state index in [0.29, 0.717) is 24.5 Å². The zero-order valence-corrected chi connectivity index (χ0v) is 12.0. The molecule has 7 heteroatoms. The molecule has 1 aromatic heterocycles. The largest absolute Gasteiger partial charge is 0.480 e. The van der Waals surface area contributed by atoms with Crippen molar-refractivity contribution in [3.63, 3.8) is 0 Å². The topological polar surface area (TPSA) is 88.5 Å². The molecule has 0 radical (unpaired) electrons. The zero-order chi connectivity index (χ0) is 14.5. The number of carbonyl (C=O) groups excluding carboxylic acids is 1. The summed E-state index contributed by atoms with van der Waals surface area (Å²) >= 11 is 1.31. The normalized spacial score (nSPS) is 13.8. The fraction of sp³-hybridized carbons (Fsp3) is 0.583. The SMILES string of the molecule is CCCC(C)(NC(=O)c1csc(COC)n1)C(=O)O. The van der Waals surface area contributed by atoms with Gasteiger partial charge in [-0.25, -0.2) is 9.78 Å².